The standard InChI is InChI=1S/C17H22IN5O2/c1-10-8-13(11(9-12(10)18)14(24)25-2)23-16(20)21-15(19)22-17(23)6-4-3-5-7-17/h8-9H,3-7H2,1-2H3,(H4,19,20,21,22). The van der Waals surface area contributed by atoms with Gasteiger partial charge in [0.15, 0.2) is 0 Å². The number of carbonyl (C=O) groups excluding carboxylic acids is 1. The van der Waals surface area contributed by atoms with E-state index in [2.05, 4.69) is 32.6 Å². The van der Waals surface area contributed by atoms with Crippen LogP contribution < -0.4 is 16.4 Å². The summed E-state index contributed by atoms with van der Waals surface area (Å²) in [6.45, 7) is 1.99. The summed E-state index contributed by atoms with van der Waals surface area (Å²) in [5.41, 5.74) is 13.8. The number of nitrogens with two attached hydrogens (primary N) is 2. The third-order valence-corrected chi connectivity index (χ3v) is 5.94. The molecule has 0 unspecified atom stereocenters. The highest BCUT2D eigenvalue weighted by molar-refractivity contribution is 14.1. The number of halogens is 1. The van der Waals surface area contributed by atoms with Gasteiger partial charge in [-0.25, -0.2) is 9.79 Å². The molecule has 25 heavy (non-hydrogen) atoms. The molecular formula is C17H22IN5O2. The van der Waals surface area contributed by atoms with Crippen LogP contribution in [0.15, 0.2) is 22.1 Å². The van der Waals surface area contributed by atoms with Crippen molar-refractivity contribution in [3.63, 3.8) is 0 Å². The number of aliphatic imine (C=N–C) groups is 2. The number of hydrogen-bond acceptors (Lipinski definition) is 7. The van der Waals surface area contributed by atoms with Gasteiger partial charge in [0.25, 0.3) is 0 Å². The number of ether oxygens (including phenoxy) is 1. The molecule has 7 nitrogen and oxygen atoms in total. The van der Waals surface area contributed by atoms with Gasteiger partial charge in [-0.15, -0.1) is 0 Å². The Morgan fingerprint density at radius 2 is 1.96 bits per heavy atom. The predicted molar refractivity (Wildman–Crippen MR) is 107 cm³/mol. The Kier molecular flexibility index (Phi) is 4.90. The number of carbonyl (C=O) groups is 1. The number of anilines is 1. The highest BCUT2D eigenvalue weighted by Crippen LogP contribution is 2.41. The van der Waals surface area contributed by atoms with Crippen molar-refractivity contribution < 1.29 is 9.53 Å². The minimum absolute atomic E-state index is 0.192. The van der Waals surface area contributed by atoms with Crippen LogP contribution in [0.3, 0.4) is 0 Å². The van der Waals surface area contributed by atoms with E-state index < -0.39 is 11.6 Å². The summed E-state index contributed by atoms with van der Waals surface area (Å²) >= 11 is 2.21. The van der Waals surface area contributed by atoms with Crippen LogP contribution in [-0.2, 0) is 4.74 Å². The third kappa shape index (κ3) is 3.19. The van der Waals surface area contributed by atoms with E-state index in [1.807, 2.05) is 24.0 Å². The number of benzene rings is 1. The number of esters is 1. The van der Waals surface area contributed by atoms with Gasteiger partial charge in [-0.3, -0.25) is 4.90 Å². The van der Waals surface area contributed by atoms with E-state index in [0.29, 0.717) is 11.3 Å². The monoisotopic (exact) mass is 455 g/mol. The fourth-order valence-corrected chi connectivity index (χ4v) is 4.06. The number of methoxy groups -OCH3 is 1. The Hall–Kier alpha value is -1.84. The maximum atomic E-state index is 12.4. The smallest absolute Gasteiger partial charge is 0.340 e. The first-order valence-corrected chi connectivity index (χ1v) is 9.34. The molecule has 134 valence electrons. The topological polar surface area (TPSA) is 106 Å². The Morgan fingerprint density at radius 1 is 1.28 bits per heavy atom. The Bertz CT molecular complexity index is 769. The first-order chi connectivity index (χ1) is 11.9. The van der Waals surface area contributed by atoms with Crippen LogP contribution in [-0.4, -0.2) is 30.7 Å². The maximum absolute atomic E-state index is 12.4. The molecule has 1 spiro atoms. The van der Waals surface area contributed by atoms with E-state index in [0.717, 1.165) is 41.2 Å². The van der Waals surface area contributed by atoms with Gasteiger partial charge < -0.3 is 16.2 Å². The van der Waals surface area contributed by atoms with E-state index in [4.69, 9.17) is 16.2 Å². The molecule has 1 aliphatic heterocycles. The van der Waals surface area contributed by atoms with Crippen molar-refractivity contribution in [3.05, 3.63) is 26.8 Å². The van der Waals surface area contributed by atoms with Crippen molar-refractivity contribution in [2.45, 2.75) is 44.7 Å². The van der Waals surface area contributed by atoms with E-state index in [9.17, 15) is 4.79 Å². The van der Waals surface area contributed by atoms with Gasteiger partial charge in [0.05, 0.1) is 18.4 Å². The molecule has 8 heteroatoms. The largest absolute Gasteiger partial charge is 0.465 e. The average molecular weight is 455 g/mol. The summed E-state index contributed by atoms with van der Waals surface area (Å²) in [7, 11) is 1.37. The molecule has 1 aromatic rings. The number of hydrogen-bond donors (Lipinski definition) is 2. The zero-order valence-electron chi connectivity index (χ0n) is 14.4. The number of nitrogens with zero attached hydrogens (tertiary/aromatic N) is 3. The van der Waals surface area contributed by atoms with Gasteiger partial charge in [-0.2, -0.15) is 4.99 Å². The zero-order chi connectivity index (χ0) is 18.2. The average Bonchev–Trinajstić information content (AvgIpc) is 2.57. The van der Waals surface area contributed by atoms with Crippen molar-refractivity contribution in [3.8, 4) is 0 Å². The molecule has 1 fully saturated rings. The molecule has 0 saturated heterocycles. The Balaban J connectivity index is 2.20. The maximum Gasteiger partial charge on any atom is 0.340 e. The molecule has 1 saturated carbocycles. The fraction of sp³-hybridized carbons (Fsp3) is 0.471. The second kappa shape index (κ2) is 6.81. The zero-order valence-corrected chi connectivity index (χ0v) is 16.5. The summed E-state index contributed by atoms with van der Waals surface area (Å²) in [4.78, 5) is 23.1. The third-order valence-electron chi connectivity index (χ3n) is 4.77. The molecule has 0 radical (unpaired) electrons. The predicted octanol–water partition coefficient (Wildman–Crippen LogP) is 2.50. The molecule has 0 aromatic heterocycles. The molecule has 1 aliphatic carbocycles. The second-order valence-corrected chi connectivity index (χ2v) is 7.59. The first kappa shape index (κ1) is 18.0. The van der Waals surface area contributed by atoms with Gasteiger partial charge in [0.1, 0.15) is 5.66 Å². The summed E-state index contributed by atoms with van der Waals surface area (Å²) < 4.78 is 5.97. The lowest BCUT2D eigenvalue weighted by Crippen LogP contribution is -2.58. The van der Waals surface area contributed by atoms with Crippen LogP contribution in [0.25, 0.3) is 0 Å². The Morgan fingerprint density at radius 3 is 2.60 bits per heavy atom. The van der Waals surface area contributed by atoms with Gasteiger partial charge in [0.2, 0.25) is 11.9 Å². The fourth-order valence-electron chi connectivity index (χ4n) is 3.59. The van der Waals surface area contributed by atoms with Crippen molar-refractivity contribution in [2.75, 3.05) is 12.0 Å². The van der Waals surface area contributed by atoms with Crippen molar-refractivity contribution in [2.24, 2.45) is 21.5 Å². The van der Waals surface area contributed by atoms with Crippen molar-refractivity contribution in [1.29, 1.82) is 0 Å². The molecule has 0 atom stereocenters. The summed E-state index contributed by atoms with van der Waals surface area (Å²) in [5.74, 6) is 0.0480. The second-order valence-electron chi connectivity index (χ2n) is 6.43. The molecule has 0 bridgehead atoms. The van der Waals surface area contributed by atoms with E-state index in [-0.39, 0.29) is 11.9 Å². The lowest BCUT2D eigenvalue weighted by molar-refractivity contribution is 0.0601. The Labute approximate surface area is 160 Å². The number of rotatable bonds is 2. The van der Waals surface area contributed by atoms with Crippen LogP contribution in [0, 0.1) is 10.5 Å². The van der Waals surface area contributed by atoms with Crippen molar-refractivity contribution in [1.82, 2.24) is 0 Å². The summed E-state index contributed by atoms with van der Waals surface area (Å²) in [6.07, 6.45) is 4.83. The van der Waals surface area contributed by atoms with Crippen LogP contribution in [0.2, 0.25) is 0 Å². The minimum atomic E-state index is -0.587. The van der Waals surface area contributed by atoms with E-state index in [1.54, 1.807) is 0 Å². The SMILES string of the molecule is COC(=O)c1cc(I)c(C)cc1N1C(N)=NC(N)=NC12CCCCC2. The van der Waals surface area contributed by atoms with Gasteiger partial charge in [-0.05, 0) is 72.9 Å². The quantitative estimate of drug-likeness (QED) is 0.527. The number of aryl methyl sites for hydroxylation is 1. The highest BCUT2D eigenvalue weighted by Gasteiger charge is 2.44. The van der Waals surface area contributed by atoms with Gasteiger partial charge in [0, 0.05) is 3.57 Å². The lowest BCUT2D eigenvalue weighted by atomic mass is 9.86. The molecule has 0 amide bonds. The van der Waals surface area contributed by atoms with Crippen LogP contribution >= 0.6 is 22.6 Å². The van der Waals surface area contributed by atoms with Crippen LogP contribution in [0.1, 0.15) is 48.0 Å². The first-order valence-electron chi connectivity index (χ1n) is 8.26. The molecule has 4 N–H and O–H groups in total. The molecule has 3 rings (SSSR count). The van der Waals surface area contributed by atoms with Gasteiger partial charge in [-0.1, -0.05) is 6.42 Å². The molecule has 1 aromatic carbocycles. The summed E-state index contributed by atoms with van der Waals surface area (Å²) in [6, 6.07) is 3.77. The van der Waals surface area contributed by atoms with E-state index >= 15 is 0 Å². The highest BCUT2D eigenvalue weighted by atomic mass is 127. The molecular weight excluding hydrogens is 433 g/mol. The minimum Gasteiger partial charge on any atom is -0.465 e. The lowest BCUT2D eigenvalue weighted by Gasteiger charge is -2.46. The normalized spacial score (nSPS) is 19.4. The van der Waals surface area contributed by atoms with Gasteiger partial charge >= 0.3 is 5.97 Å². The molecule has 2 aliphatic rings. The summed E-state index contributed by atoms with van der Waals surface area (Å²) in [5, 5.41) is 0. The number of guanidine groups is 2. The van der Waals surface area contributed by atoms with Crippen LogP contribution in [0.4, 0.5) is 5.69 Å². The van der Waals surface area contributed by atoms with Crippen molar-refractivity contribution >= 4 is 46.2 Å². The molecule has 1 heterocycles. The van der Waals surface area contributed by atoms with E-state index in [1.165, 1.54) is 7.11 Å². The van der Waals surface area contributed by atoms with Crippen LogP contribution in [0.5, 0.6) is 0 Å².